The summed E-state index contributed by atoms with van der Waals surface area (Å²) in [6.45, 7) is 7.50. The molecular formula is C15H21ClN2O2. The highest BCUT2D eigenvalue weighted by atomic mass is 35.5. The van der Waals surface area contributed by atoms with Gasteiger partial charge in [0.15, 0.2) is 0 Å². The Labute approximate surface area is 125 Å². The van der Waals surface area contributed by atoms with Gasteiger partial charge in [-0.1, -0.05) is 23.7 Å². The Morgan fingerprint density at radius 1 is 1.35 bits per heavy atom. The lowest BCUT2D eigenvalue weighted by molar-refractivity contribution is -0.126. The number of anilines is 1. The molecule has 3 unspecified atom stereocenters. The average molecular weight is 297 g/mol. The Balaban J connectivity index is 2.00. The van der Waals surface area contributed by atoms with Gasteiger partial charge in [0.25, 0.3) is 0 Å². The predicted octanol–water partition coefficient (Wildman–Crippen LogP) is 2.78. The smallest absolute Gasteiger partial charge is 0.241 e. The maximum absolute atomic E-state index is 12.3. The molecule has 0 spiro atoms. The number of para-hydroxylation sites is 1. The van der Waals surface area contributed by atoms with E-state index in [4.69, 9.17) is 16.3 Å². The van der Waals surface area contributed by atoms with Crippen LogP contribution in [0.1, 0.15) is 20.8 Å². The number of amides is 1. The standard InChI is InChI=1S/C15H21ClN2O2/c1-10-8-18(9-11(2)20-10)12(3)15(19)17-14-7-5-4-6-13(14)16/h4-7,10-12H,8-9H2,1-3H3,(H,17,19). The van der Waals surface area contributed by atoms with Crippen LogP contribution in [0.2, 0.25) is 5.02 Å². The first-order valence-electron chi connectivity index (χ1n) is 6.92. The van der Waals surface area contributed by atoms with E-state index in [0.717, 1.165) is 13.1 Å². The summed E-state index contributed by atoms with van der Waals surface area (Å²) in [6.07, 6.45) is 0.295. The van der Waals surface area contributed by atoms with Gasteiger partial charge in [-0.15, -0.1) is 0 Å². The van der Waals surface area contributed by atoms with Crippen molar-refractivity contribution < 1.29 is 9.53 Å². The van der Waals surface area contributed by atoms with Gasteiger partial charge in [-0.2, -0.15) is 0 Å². The molecule has 0 aromatic heterocycles. The number of hydrogen-bond donors (Lipinski definition) is 1. The number of nitrogens with zero attached hydrogens (tertiary/aromatic N) is 1. The molecule has 4 nitrogen and oxygen atoms in total. The number of morpholine rings is 1. The van der Waals surface area contributed by atoms with E-state index >= 15 is 0 Å². The van der Waals surface area contributed by atoms with E-state index in [9.17, 15) is 4.79 Å². The molecule has 0 bridgehead atoms. The molecule has 0 radical (unpaired) electrons. The van der Waals surface area contributed by atoms with Crippen LogP contribution in [0.25, 0.3) is 0 Å². The van der Waals surface area contributed by atoms with Crippen molar-refractivity contribution in [2.45, 2.75) is 39.0 Å². The number of halogens is 1. The molecular weight excluding hydrogens is 276 g/mol. The zero-order valence-electron chi connectivity index (χ0n) is 12.1. The van der Waals surface area contributed by atoms with E-state index in [1.54, 1.807) is 12.1 Å². The molecule has 1 N–H and O–H groups in total. The van der Waals surface area contributed by atoms with Crippen LogP contribution in [0.4, 0.5) is 5.69 Å². The molecule has 1 aromatic rings. The van der Waals surface area contributed by atoms with Crippen molar-refractivity contribution in [3.8, 4) is 0 Å². The second-order valence-corrected chi connectivity index (χ2v) is 5.76. The summed E-state index contributed by atoms with van der Waals surface area (Å²) in [7, 11) is 0. The fraction of sp³-hybridized carbons (Fsp3) is 0.533. The van der Waals surface area contributed by atoms with E-state index < -0.39 is 0 Å². The van der Waals surface area contributed by atoms with Crippen LogP contribution in [-0.2, 0) is 9.53 Å². The van der Waals surface area contributed by atoms with Crippen LogP contribution in [-0.4, -0.2) is 42.1 Å². The number of ether oxygens (including phenoxy) is 1. The van der Waals surface area contributed by atoms with Crippen LogP contribution < -0.4 is 5.32 Å². The van der Waals surface area contributed by atoms with Gasteiger partial charge in [-0.05, 0) is 32.9 Å². The predicted molar refractivity (Wildman–Crippen MR) is 81.1 cm³/mol. The SMILES string of the molecule is CC1CN(C(C)C(=O)Nc2ccccc2Cl)CC(C)O1. The molecule has 5 heteroatoms. The number of hydrogen-bond acceptors (Lipinski definition) is 3. The first kappa shape index (κ1) is 15.3. The molecule has 1 fully saturated rings. The van der Waals surface area contributed by atoms with Gasteiger partial charge >= 0.3 is 0 Å². The van der Waals surface area contributed by atoms with Gasteiger partial charge in [0.05, 0.1) is 29.0 Å². The normalized spacial score (nSPS) is 25.2. The third-order valence-corrected chi connectivity index (χ3v) is 3.84. The second-order valence-electron chi connectivity index (χ2n) is 5.36. The summed E-state index contributed by atoms with van der Waals surface area (Å²) in [6, 6.07) is 7.05. The molecule has 1 amide bonds. The zero-order valence-corrected chi connectivity index (χ0v) is 12.9. The average Bonchev–Trinajstić information content (AvgIpc) is 2.39. The third-order valence-electron chi connectivity index (χ3n) is 3.51. The van der Waals surface area contributed by atoms with Gasteiger partial charge in [-0.25, -0.2) is 0 Å². The van der Waals surface area contributed by atoms with Crippen molar-refractivity contribution in [3.05, 3.63) is 29.3 Å². The van der Waals surface area contributed by atoms with Crippen LogP contribution in [0.5, 0.6) is 0 Å². The molecule has 1 heterocycles. The largest absolute Gasteiger partial charge is 0.373 e. The third kappa shape index (κ3) is 3.72. The minimum Gasteiger partial charge on any atom is -0.373 e. The Kier molecular flexibility index (Phi) is 5.02. The molecule has 1 aliphatic heterocycles. The molecule has 1 saturated heterocycles. The van der Waals surface area contributed by atoms with E-state index in [1.165, 1.54) is 0 Å². The molecule has 20 heavy (non-hydrogen) atoms. The zero-order chi connectivity index (χ0) is 14.7. The highest BCUT2D eigenvalue weighted by molar-refractivity contribution is 6.33. The van der Waals surface area contributed by atoms with Gasteiger partial charge in [0.2, 0.25) is 5.91 Å². The molecule has 0 saturated carbocycles. The van der Waals surface area contributed by atoms with Crippen LogP contribution in [0.15, 0.2) is 24.3 Å². The topological polar surface area (TPSA) is 41.6 Å². The minimum atomic E-state index is -0.208. The maximum atomic E-state index is 12.3. The quantitative estimate of drug-likeness (QED) is 0.932. The van der Waals surface area contributed by atoms with Crippen molar-refractivity contribution in [2.24, 2.45) is 0 Å². The van der Waals surface area contributed by atoms with Gasteiger partial charge < -0.3 is 10.1 Å². The lowest BCUT2D eigenvalue weighted by Gasteiger charge is -2.38. The summed E-state index contributed by atoms with van der Waals surface area (Å²) in [5.41, 5.74) is 0.653. The lowest BCUT2D eigenvalue weighted by atomic mass is 10.1. The van der Waals surface area contributed by atoms with Crippen molar-refractivity contribution in [3.63, 3.8) is 0 Å². The first-order valence-corrected chi connectivity index (χ1v) is 7.30. The van der Waals surface area contributed by atoms with E-state index in [2.05, 4.69) is 10.2 Å². The Hall–Kier alpha value is -1.10. The summed E-state index contributed by atoms with van der Waals surface area (Å²) in [4.78, 5) is 14.5. The Morgan fingerprint density at radius 2 is 1.95 bits per heavy atom. The molecule has 0 aliphatic carbocycles. The Bertz CT molecular complexity index is 471. The maximum Gasteiger partial charge on any atom is 0.241 e. The monoisotopic (exact) mass is 296 g/mol. The van der Waals surface area contributed by atoms with Crippen molar-refractivity contribution >= 4 is 23.2 Å². The van der Waals surface area contributed by atoms with Crippen molar-refractivity contribution in [2.75, 3.05) is 18.4 Å². The highest BCUT2D eigenvalue weighted by Gasteiger charge is 2.29. The molecule has 1 aromatic carbocycles. The summed E-state index contributed by atoms with van der Waals surface area (Å²) in [5, 5.41) is 3.44. The number of rotatable bonds is 3. The number of nitrogens with one attached hydrogen (secondary N) is 1. The second kappa shape index (κ2) is 6.57. The summed E-state index contributed by atoms with van der Waals surface area (Å²) < 4.78 is 5.69. The lowest BCUT2D eigenvalue weighted by Crippen LogP contribution is -2.52. The van der Waals surface area contributed by atoms with E-state index in [1.807, 2.05) is 32.9 Å². The number of carbonyl (C=O) groups is 1. The summed E-state index contributed by atoms with van der Waals surface area (Å²) in [5.74, 6) is -0.0422. The van der Waals surface area contributed by atoms with Gasteiger partial charge in [0, 0.05) is 13.1 Å². The van der Waals surface area contributed by atoms with Gasteiger partial charge in [0.1, 0.15) is 0 Å². The van der Waals surface area contributed by atoms with Gasteiger partial charge in [-0.3, -0.25) is 9.69 Å². The fourth-order valence-corrected chi connectivity index (χ4v) is 2.68. The molecule has 1 aliphatic rings. The number of carbonyl (C=O) groups excluding carboxylic acids is 1. The van der Waals surface area contributed by atoms with Crippen molar-refractivity contribution in [1.82, 2.24) is 4.90 Å². The minimum absolute atomic E-state index is 0.0422. The fourth-order valence-electron chi connectivity index (χ4n) is 2.50. The Morgan fingerprint density at radius 3 is 2.55 bits per heavy atom. The van der Waals surface area contributed by atoms with Crippen LogP contribution in [0, 0.1) is 0 Å². The molecule has 110 valence electrons. The van der Waals surface area contributed by atoms with Crippen molar-refractivity contribution in [1.29, 1.82) is 0 Å². The van der Waals surface area contributed by atoms with Crippen LogP contribution in [0.3, 0.4) is 0 Å². The van der Waals surface area contributed by atoms with E-state index in [0.29, 0.717) is 10.7 Å². The number of benzene rings is 1. The van der Waals surface area contributed by atoms with E-state index in [-0.39, 0.29) is 24.2 Å². The summed E-state index contributed by atoms with van der Waals surface area (Å²) >= 11 is 6.06. The highest BCUT2D eigenvalue weighted by Crippen LogP contribution is 2.21. The molecule has 3 atom stereocenters. The first-order chi connectivity index (χ1) is 9.47. The van der Waals surface area contributed by atoms with Crippen LogP contribution >= 0.6 is 11.6 Å². The molecule has 2 rings (SSSR count).